The molecule has 0 aromatic carbocycles. The number of hydrogen-bond acceptors (Lipinski definition) is 6. The molecule has 0 bridgehead atoms. The van der Waals surface area contributed by atoms with Crippen molar-refractivity contribution in [2.45, 2.75) is 0 Å². The zero-order valence-corrected chi connectivity index (χ0v) is 7.92. The quantitative estimate of drug-likeness (QED) is 0.498. The molecule has 0 atom stereocenters. The van der Waals surface area contributed by atoms with Crippen molar-refractivity contribution >= 4 is 31.7 Å². The van der Waals surface area contributed by atoms with E-state index in [1.165, 1.54) is 10.5 Å². The molecule has 64 valence electrons. The van der Waals surface area contributed by atoms with Crippen LogP contribution < -0.4 is 10.3 Å². The first-order valence-electron chi connectivity index (χ1n) is 2.59. The van der Waals surface area contributed by atoms with Crippen LogP contribution in [0.25, 0.3) is 0 Å². The molecule has 0 aromatic heterocycles. The van der Waals surface area contributed by atoms with Gasteiger partial charge in [-0.25, -0.2) is 19.0 Å². The molecule has 0 saturated carbocycles. The van der Waals surface area contributed by atoms with Crippen molar-refractivity contribution in [3.63, 3.8) is 0 Å². The highest BCUT2D eigenvalue weighted by molar-refractivity contribution is 8.17. The zero-order valence-electron chi connectivity index (χ0n) is 5.54. The first-order valence-corrected chi connectivity index (χ1v) is 5.78. The molecule has 11 heavy (non-hydrogen) atoms. The summed E-state index contributed by atoms with van der Waals surface area (Å²) in [4.78, 5) is 2.65. The molecule has 2 N–H and O–H groups in total. The van der Waals surface area contributed by atoms with Gasteiger partial charge in [-0.05, 0) is 11.9 Å². The maximum Gasteiger partial charge on any atom is 0.279 e. The molecule has 0 unspecified atom stereocenters. The van der Waals surface area contributed by atoms with E-state index >= 15 is 0 Å². The second-order valence-corrected chi connectivity index (χ2v) is 4.83. The van der Waals surface area contributed by atoms with Gasteiger partial charge in [0.15, 0.2) is 5.03 Å². The fraction of sp³-hybridized carbons (Fsp3) is 0.333. The van der Waals surface area contributed by atoms with Crippen LogP contribution in [-0.2, 0) is 9.05 Å². The van der Waals surface area contributed by atoms with Gasteiger partial charge in [0.25, 0.3) is 9.05 Å². The SMILES string of the molecule is CNN1NSC=C1S(=O)(=O)Cl. The minimum Gasteiger partial charge on any atom is -0.221 e. The monoisotopic (exact) mass is 215 g/mol. The summed E-state index contributed by atoms with van der Waals surface area (Å²) >= 11 is 1.13. The summed E-state index contributed by atoms with van der Waals surface area (Å²) in [6.45, 7) is 0. The number of halogens is 1. The van der Waals surface area contributed by atoms with Gasteiger partial charge in [-0.15, -0.1) is 0 Å². The van der Waals surface area contributed by atoms with Crippen molar-refractivity contribution in [2.24, 2.45) is 0 Å². The van der Waals surface area contributed by atoms with Crippen LogP contribution >= 0.6 is 22.6 Å². The van der Waals surface area contributed by atoms with Gasteiger partial charge in [-0.3, -0.25) is 0 Å². The Morgan fingerprint density at radius 2 is 2.45 bits per heavy atom. The Hall–Kier alpha value is 0.0500. The van der Waals surface area contributed by atoms with E-state index in [4.69, 9.17) is 10.7 Å². The van der Waals surface area contributed by atoms with Crippen LogP contribution in [0.1, 0.15) is 0 Å². The van der Waals surface area contributed by atoms with Crippen LogP contribution in [0.5, 0.6) is 0 Å². The molecule has 0 fully saturated rings. The van der Waals surface area contributed by atoms with E-state index in [0.717, 1.165) is 11.9 Å². The van der Waals surface area contributed by atoms with E-state index in [9.17, 15) is 8.42 Å². The molecule has 5 nitrogen and oxygen atoms in total. The first kappa shape index (κ1) is 9.14. The third-order valence-electron chi connectivity index (χ3n) is 0.998. The van der Waals surface area contributed by atoms with Gasteiger partial charge in [0.2, 0.25) is 0 Å². The fourth-order valence-electron chi connectivity index (χ4n) is 0.550. The lowest BCUT2D eigenvalue weighted by Gasteiger charge is -2.16. The van der Waals surface area contributed by atoms with Crippen LogP contribution in [0.15, 0.2) is 10.4 Å². The molecular formula is C3H6ClN3O2S2. The Morgan fingerprint density at radius 1 is 1.82 bits per heavy atom. The van der Waals surface area contributed by atoms with Gasteiger partial charge >= 0.3 is 0 Å². The zero-order chi connectivity index (χ0) is 8.48. The molecule has 0 spiro atoms. The predicted octanol–water partition coefficient (Wildman–Crippen LogP) is -0.0433. The first-order chi connectivity index (χ1) is 5.05. The van der Waals surface area contributed by atoms with E-state index in [2.05, 4.69) is 10.3 Å². The lowest BCUT2D eigenvalue weighted by atomic mass is 11.0. The fourth-order valence-corrected chi connectivity index (χ4v) is 2.65. The molecule has 1 rings (SSSR count). The largest absolute Gasteiger partial charge is 0.279 e. The number of nitrogens with one attached hydrogen (secondary N) is 2. The number of hydrogen-bond donors (Lipinski definition) is 2. The molecule has 1 aliphatic rings. The summed E-state index contributed by atoms with van der Waals surface area (Å²) < 4.78 is 21.5. The molecule has 0 saturated heterocycles. The smallest absolute Gasteiger partial charge is 0.221 e. The second-order valence-electron chi connectivity index (χ2n) is 1.66. The van der Waals surface area contributed by atoms with Crippen LogP contribution in [0.4, 0.5) is 0 Å². The maximum atomic E-state index is 10.8. The van der Waals surface area contributed by atoms with Gasteiger partial charge in [0, 0.05) is 23.1 Å². The Bertz CT molecular complexity index is 274. The highest BCUT2D eigenvalue weighted by Crippen LogP contribution is 2.22. The van der Waals surface area contributed by atoms with Crippen molar-refractivity contribution in [2.75, 3.05) is 7.05 Å². The molecule has 8 heteroatoms. The lowest BCUT2D eigenvalue weighted by Crippen LogP contribution is -2.40. The molecule has 0 radical (unpaired) electrons. The third kappa shape index (κ3) is 2.00. The van der Waals surface area contributed by atoms with Crippen LogP contribution in [0.2, 0.25) is 0 Å². The van der Waals surface area contributed by atoms with Crippen molar-refractivity contribution in [3.05, 3.63) is 10.4 Å². The second kappa shape index (κ2) is 3.20. The van der Waals surface area contributed by atoms with Crippen molar-refractivity contribution in [1.29, 1.82) is 0 Å². The normalized spacial score (nSPS) is 18.7. The van der Waals surface area contributed by atoms with E-state index in [-0.39, 0.29) is 5.03 Å². The summed E-state index contributed by atoms with van der Waals surface area (Å²) in [6, 6.07) is 0. The Labute approximate surface area is 73.3 Å². The number of rotatable bonds is 2. The Morgan fingerprint density at radius 3 is 2.82 bits per heavy atom. The standard InChI is InChI=1S/C3H6ClN3O2S2/c1-5-7-3(2-10-6-7)11(4,8)9/h2,5-6H,1H3. The van der Waals surface area contributed by atoms with Crippen molar-refractivity contribution in [1.82, 2.24) is 15.4 Å². The Kier molecular flexibility index (Phi) is 2.66. The average Bonchev–Trinajstić information content (AvgIpc) is 2.31. The van der Waals surface area contributed by atoms with E-state index in [0.29, 0.717) is 0 Å². The summed E-state index contributed by atoms with van der Waals surface area (Å²) in [5.74, 6) is 0. The highest BCUT2D eigenvalue weighted by atomic mass is 35.7. The Balaban J connectivity index is 2.88. The number of nitrogens with zero attached hydrogens (tertiary/aromatic N) is 1. The van der Waals surface area contributed by atoms with Gasteiger partial charge in [-0.1, -0.05) is 0 Å². The van der Waals surface area contributed by atoms with Gasteiger partial charge < -0.3 is 0 Å². The minimum atomic E-state index is -3.65. The number of hydrazine groups is 2. The topological polar surface area (TPSA) is 61.4 Å². The van der Waals surface area contributed by atoms with Gasteiger partial charge in [-0.2, -0.15) is 4.83 Å². The summed E-state index contributed by atoms with van der Waals surface area (Å²) in [5.41, 5.74) is 2.59. The summed E-state index contributed by atoms with van der Waals surface area (Å²) in [7, 11) is 3.01. The van der Waals surface area contributed by atoms with E-state index in [1.54, 1.807) is 7.05 Å². The highest BCUT2D eigenvalue weighted by Gasteiger charge is 2.25. The van der Waals surface area contributed by atoms with E-state index in [1.807, 2.05) is 0 Å². The molecule has 0 amide bonds. The molecule has 0 aliphatic carbocycles. The van der Waals surface area contributed by atoms with Gasteiger partial charge in [0.1, 0.15) is 0 Å². The third-order valence-corrected chi connectivity index (χ3v) is 3.05. The van der Waals surface area contributed by atoms with Crippen molar-refractivity contribution in [3.8, 4) is 0 Å². The van der Waals surface area contributed by atoms with Crippen LogP contribution in [0.3, 0.4) is 0 Å². The maximum absolute atomic E-state index is 10.8. The van der Waals surface area contributed by atoms with Crippen LogP contribution in [0, 0.1) is 0 Å². The molecule has 0 aromatic rings. The van der Waals surface area contributed by atoms with Gasteiger partial charge in [0.05, 0.1) is 0 Å². The average molecular weight is 216 g/mol. The molecule has 1 aliphatic heterocycles. The predicted molar refractivity (Wildman–Crippen MR) is 44.5 cm³/mol. The minimum absolute atomic E-state index is 0.00617. The summed E-state index contributed by atoms with van der Waals surface area (Å²) in [5, 5.41) is 2.62. The lowest BCUT2D eigenvalue weighted by molar-refractivity contribution is 0.271. The molecule has 1 heterocycles. The van der Waals surface area contributed by atoms with Crippen molar-refractivity contribution < 1.29 is 8.42 Å². The van der Waals surface area contributed by atoms with Crippen LogP contribution in [-0.4, -0.2) is 20.6 Å². The summed E-state index contributed by atoms with van der Waals surface area (Å²) in [6.07, 6.45) is 0. The van der Waals surface area contributed by atoms with E-state index < -0.39 is 9.05 Å². The molecular weight excluding hydrogens is 210 g/mol.